The van der Waals surface area contributed by atoms with Crippen molar-refractivity contribution < 1.29 is 0 Å². The predicted molar refractivity (Wildman–Crippen MR) is 132 cm³/mol. The SMILES string of the molecule is CC1CC(CC2CCCC(C3CCCCC(CC4CCCC4)CCC3)CCC2)C1N=O. The van der Waals surface area contributed by atoms with Crippen molar-refractivity contribution in [2.24, 2.45) is 46.6 Å². The van der Waals surface area contributed by atoms with Gasteiger partial charge in [0.15, 0.2) is 0 Å². The molecule has 2 heteroatoms. The summed E-state index contributed by atoms with van der Waals surface area (Å²) in [4.78, 5) is 11.1. The molecule has 4 aliphatic rings. The van der Waals surface area contributed by atoms with Gasteiger partial charge in [-0.25, -0.2) is 0 Å². The van der Waals surface area contributed by atoms with Crippen LogP contribution in [0.25, 0.3) is 0 Å². The van der Waals surface area contributed by atoms with Gasteiger partial charge in [0.25, 0.3) is 0 Å². The Labute approximate surface area is 193 Å². The number of hydrogen-bond donors (Lipinski definition) is 0. The molecule has 0 amide bonds. The van der Waals surface area contributed by atoms with E-state index in [4.69, 9.17) is 0 Å². The summed E-state index contributed by atoms with van der Waals surface area (Å²) in [5.74, 6) is 6.21. The van der Waals surface area contributed by atoms with Crippen molar-refractivity contribution in [3.63, 3.8) is 0 Å². The van der Waals surface area contributed by atoms with Crippen molar-refractivity contribution in [3.05, 3.63) is 4.91 Å². The molecule has 5 unspecified atom stereocenters. The molecule has 4 fully saturated rings. The van der Waals surface area contributed by atoms with E-state index < -0.39 is 0 Å². The van der Waals surface area contributed by atoms with Gasteiger partial charge in [0.05, 0.1) is 6.04 Å². The Morgan fingerprint density at radius 3 is 1.48 bits per heavy atom. The van der Waals surface area contributed by atoms with Crippen molar-refractivity contribution in [2.75, 3.05) is 0 Å². The predicted octanol–water partition coefficient (Wildman–Crippen LogP) is 9.31. The molecule has 178 valence electrons. The number of nitroso groups, excluding NO2 is 1. The first-order valence-electron chi connectivity index (χ1n) is 14.6. The molecule has 0 aromatic carbocycles. The molecule has 0 aromatic heterocycles. The minimum Gasteiger partial charge on any atom is -0.150 e. The summed E-state index contributed by atoms with van der Waals surface area (Å²) in [7, 11) is 0. The van der Waals surface area contributed by atoms with Crippen molar-refractivity contribution in [1.29, 1.82) is 0 Å². The smallest absolute Gasteiger partial charge is 0.0973 e. The van der Waals surface area contributed by atoms with E-state index in [1.54, 1.807) is 6.42 Å². The van der Waals surface area contributed by atoms with Crippen LogP contribution in [0.4, 0.5) is 0 Å². The second kappa shape index (κ2) is 12.2. The average molecular weight is 430 g/mol. The largest absolute Gasteiger partial charge is 0.150 e. The van der Waals surface area contributed by atoms with E-state index >= 15 is 0 Å². The third kappa shape index (κ3) is 6.80. The molecule has 0 spiro atoms. The van der Waals surface area contributed by atoms with E-state index in [0.29, 0.717) is 11.8 Å². The van der Waals surface area contributed by atoms with Crippen LogP contribution in [0.3, 0.4) is 0 Å². The Kier molecular flexibility index (Phi) is 9.32. The fourth-order valence-corrected chi connectivity index (χ4v) is 8.43. The summed E-state index contributed by atoms with van der Waals surface area (Å²) in [6.45, 7) is 2.21. The van der Waals surface area contributed by atoms with Crippen LogP contribution in [0.1, 0.15) is 135 Å². The number of rotatable bonds is 6. The summed E-state index contributed by atoms with van der Waals surface area (Å²) in [5, 5.41) is 3.44. The highest BCUT2D eigenvalue weighted by molar-refractivity contribution is 4.93. The second-order valence-corrected chi connectivity index (χ2v) is 12.5. The lowest BCUT2D eigenvalue weighted by molar-refractivity contribution is 0.117. The fourth-order valence-electron chi connectivity index (χ4n) is 8.43. The molecule has 4 aliphatic carbocycles. The quantitative estimate of drug-likeness (QED) is 0.387. The van der Waals surface area contributed by atoms with Crippen LogP contribution in [0, 0.1) is 46.3 Å². The van der Waals surface area contributed by atoms with E-state index in [-0.39, 0.29) is 6.04 Å². The monoisotopic (exact) mass is 429 g/mol. The van der Waals surface area contributed by atoms with Gasteiger partial charge in [0.1, 0.15) is 0 Å². The third-order valence-electron chi connectivity index (χ3n) is 10.3. The molecule has 2 nitrogen and oxygen atoms in total. The fraction of sp³-hybridized carbons (Fsp3) is 1.00. The summed E-state index contributed by atoms with van der Waals surface area (Å²) in [5.41, 5.74) is 0. The highest BCUT2D eigenvalue weighted by atomic mass is 16.3. The molecule has 0 N–H and O–H groups in total. The Balaban J connectivity index is 1.19. The molecule has 0 aromatic rings. The Bertz CT molecular complexity index is 517. The van der Waals surface area contributed by atoms with Crippen LogP contribution >= 0.6 is 0 Å². The van der Waals surface area contributed by atoms with Gasteiger partial charge in [0, 0.05) is 0 Å². The summed E-state index contributed by atoms with van der Waals surface area (Å²) in [6.07, 6.45) is 29.5. The van der Waals surface area contributed by atoms with E-state index in [9.17, 15) is 4.91 Å². The van der Waals surface area contributed by atoms with Gasteiger partial charge in [-0.1, -0.05) is 121 Å². The van der Waals surface area contributed by atoms with Gasteiger partial charge in [-0.3, -0.25) is 0 Å². The van der Waals surface area contributed by atoms with Crippen molar-refractivity contribution in [3.8, 4) is 0 Å². The Morgan fingerprint density at radius 2 is 1.00 bits per heavy atom. The van der Waals surface area contributed by atoms with Gasteiger partial charge >= 0.3 is 0 Å². The molecule has 0 saturated heterocycles. The first-order valence-corrected chi connectivity index (χ1v) is 14.6. The molecule has 4 rings (SSSR count). The maximum Gasteiger partial charge on any atom is 0.0973 e. The zero-order valence-electron chi connectivity index (χ0n) is 20.6. The van der Waals surface area contributed by atoms with Gasteiger partial charge in [0.2, 0.25) is 0 Å². The van der Waals surface area contributed by atoms with Gasteiger partial charge in [-0.05, 0) is 60.7 Å². The Hall–Kier alpha value is -0.400. The van der Waals surface area contributed by atoms with Crippen molar-refractivity contribution in [1.82, 2.24) is 0 Å². The summed E-state index contributed by atoms with van der Waals surface area (Å²) in [6, 6.07) is 0.134. The molecule has 0 radical (unpaired) electrons. The van der Waals surface area contributed by atoms with E-state index in [2.05, 4.69) is 12.1 Å². The standard InChI is InChI=1S/C29H51NO/c1-22-19-28(29(22)30-31)21-25-13-7-17-27(18-8-14-25)26-15-5-4-11-24(12-6-16-26)20-23-9-2-3-10-23/h22-29H,2-21H2,1H3. The average Bonchev–Trinajstić information content (AvgIpc) is 3.26. The molecule has 0 bridgehead atoms. The minimum atomic E-state index is 0.134. The highest BCUT2D eigenvalue weighted by Crippen LogP contribution is 2.44. The van der Waals surface area contributed by atoms with Crippen LogP contribution in [-0.4, -0.2) is 6.04 Å². The van der Waals surface area contributed by atoms with Crippen LogP contribution in [-0.2, 0) is 0 Å². The van der Waals surface area contributed by atoms with E-state index in [1.807, 2.05) is 0 Å². The lowest BCUT2D eigenvalue weighted by Crippen LogP contribution is -2.39. The first kappa shape index (κ1) is 23.7. The molecule has 0 heterocycles. The molecule has 5 atom stereocenters. The maximum atomic E-state index is 11.1. The zero-order chi connectivity index (χ0) is 21.5. The van der Waals surface area contributed by atoms with E-state index in [0.717, 1.165) is 29.6 Å². The topological polar surface area (TPSA) is 29.4 Å². The third-order valence-corrected chi connectivity index (χ3v) is 10.3. The van der Waals surface area contributed by atoms with Gasteiger partial charge in [-0.2, -0.15) is 4.91 Å². The number of nitrogens with zero attached hydrogens (tertiary/aromatic N) is 1. The van der Waals surface area contributed by atoms with E-state index in [1.165, 1.54) is 122 Å². The lowest BCUT2D eigenvalue weighted by atomic mass is 9.66. The molecule has 0 aliphatic heterocycles. The molecule has 4 saturated carbocycles. The highest BCUT2D eigenvalue weighted by Gasteiger charge is 2.40. The molecular formula is C29H51NO. The van der Waals surface area contributed by atoms with Crippen LogP contribution in [0.2, 0.25) is 0 Å². The van der Waals surface area contributed by atoms with Crippen molar-refractivity contribution >= 4 is 0 Å². The maximum absolute atomic E-state index is 11.1. The molecular weight excluding hydrogens is 378 g/mol. The van der Waals surface area contributed by atoms with Crippen LogP contribution < -0.4 is 0 Å². The first-order chi connectivity index (χ1) is 15.2. The minimum absolute atomic E-state index is 0.134. The van der Waals surface area contributed by atoms with Gasteiger partial charge in [-0.15, -0.1) is 0 Å². The Morgan fingerprint density at radius 1 is 0.581 bits per heavy atom. The zero-order valence-corrected chi connectivity index (χ0v) is 20.6. The lowest BCUT2D eigenvalue weighted by Gasteiger charge is -2.40. The van der Waals surface area contributed by atoms with Crippen LogP contribution in [0.15, 0.2) is 5.18 Å². The summed E-state index contributed by atoms with van der Waals surface area (Å²) < 4.78 is 0. The van der Waals surface area contributed by atoms with Crippen LogP contribution in [0.5, 0.6) is 0 Å². The van der Waals surface area contributed by atoms with Gasteiger partial charge < -0.3 is 0 Å². The normalized spacial score (nSPS) is 41.3. The summed E-state index contributed by atoms with van der Waals surface area (Å²) >= 11 is 0. The second-order valence-electron chi connectivity index (χ2n) is 12.5. The number of hydrogen-bond acceptors (Lipinski definition) is 2. The molecule has 31 heavy (non-hydrogen) atoms. The van der Waals surface area contributed by atoms with Crippen molar-refractivity contribution in [2.45, 2.75) is 141 Å².